The van der Waals surface area contributed by atoms with Gasteiger partial charge in [0.05, 0.1) is 37.4 Å². The van der Waals surface area contributed by atoms with E-state index in [0.717, 1.165) is 20.8 Å². The molecule has 132 valence electrons. The van der Waals surface area contributed by atoms with E-state index in [1.807, 2.05) is 42.5 Å². The van der Waals surface area contributed by atoms with Crippen molar-refractivity contribution in [2.45, 2.75) is 0 Å². The summed E-state index contributed by atoms with van der Waals surface area (Å²) in [4.78, 5) is 31.9. The van der Waals surface area contributed by atoms with Crippen molar-refractivity contribution in [1.82, 2.24) is 4.98 Å². The summed E-state index contributed by atoms with van der Waals surface area (Å²) in [6.45, 7) is 0.249. The molecule has 7 heteroatoms. The summed E-state index contributed by atoms with van der Waals surface area (Å²) < 4.78 is 5.85. The van der Waals surface area contributed by atoms with Crippen LogP contribution in [-0.4, -0.2) is 22.5 Å². The van der Waals surface area contributed by atoms with Crippen LogP contribution in [0.4, 0.5) is 5.69 Å². The highest BCUT2D eigenvalue weighted by atomic mass is 32.1. The summed E-state index contributed by atoms with van der Waals surface area (Å²) in [5, 5.41) is 9.87. The van der Waals surface area contributed by atoms with Gasteiger partial charge in [-0.1, -0.05) is 12.1 Å². The summed E-state index contributed by atoms with van der Waals surface area (Å²) in [6, 6.07) is 17.7. The lowest BCUT2D eigenvalue weighted by molar-refractivity contribution is -0.120. The van der Waals surface area contributed by atoms with Crippen LogP contribution in [0.15, 0.2) is 65.7 Å². The third kappa shape index (κ3) is 3.54. The van der Waals surface area contributed by atoms with Crippen molar-refractivity contribution in [3.05, 3.63) is 71.6 Å². The summed E-state index contributed by atoms with van der Waals surface area (Å²) in [6.07, 6.45) is 0. The number of aromatic nitrogens is 1. The molecule has 0 unspecified atom stereocenters. The molecule has 1 N–H and O–H groups in total. The predicted molar refractivity (Wildman–Crippen MR) is 102 cm³/mol. The molecule has 2 aromatic rings. The maximum Gasteiger partial charge on any atom is 0.335 e. The van der Waals surface area contributed by atoms with E-state index in [4.69, 9.17) is 4.74 Å². The van der Waals surface area contributed by atoms with Crippen molar-refractivity contribution in [2.24, 2.45) is 4.99 Å². The van der Waals surface area contributed by atoms with Gasteiger partial charge in [-0.2, -0.15) is 0 Å². The van der Waals surface area contributed by atoms with Gasteiger partial charge in [0.2, 0.25) is 0 Å². The van der Waals surface area contributed by atoms with Gasteiger partial charge in [0, 0.05) is 6.07 Å². The maximum absolute atomic E-state index is 11.3. The van der Waals surface area contributed by atoms with E-state index in [-0.39, 0.29) is 17.8 Å². The quantitative estimate of drug-likeness (QED) is 0.431. The first-order chi connectivity index (χ1) is 13.1. The monoisotopic (exact) mass is 376 g/mol. The highest BCUT2D eigenvalue weighted by Crippen LogP contribution is 2.29. The number of rotatable bonds is 4. The van der Waals surface area contributed by atoms with Gasteiger partial charge in [-0.15, -0.1) is 11.3 Å². The van der Waals surface area contributed by atoms with Gasteiger partial charge in [-0.3, -0.25) is 4.79 Å². The topological polar surface area (TPSA) is 88.9 Å². The molecule has 1 aliphatic carbocycles. The van der Waals surface area contributed by atoms with Crippen LogP contribution in [0.3, 0.4) is 0 Å². The molecule has 0 amide bonds. The number of benzene rings is 3. The number of hydrogen-bond donors (Lipinski definition) is 1. The second-order valence-electron chi connectivity index (χ2n) is 5.68. The molecule has 27 heavy (non-hydrogen) atoms. The first-order valence-corrected chi connectivity index (χ1v) is 8.77. The molecule has 2 aliphatic rings. The Labute approximate surface area is 157 Å². The Hall–Kier alpha value is -3.58. The molecule has 0 saturated heterocycles. The lowest BCUT2D eigenvalue weighted by Gasteiger charge is -2.06. The van der Waals surface area contributed by atoms with Gasteiger partial charge in [0.1, 0.15) is 5.75 Å². The molecule has 0 bridgehead atoms. The third-order valence-electron chi connectivity index (χ3n) is 3.85. The van der Waals surface area contributed by atoms with E-state index < -0.39 is 5.97 Å². The van der Waals surface area contributed by atoms with E-state index in [0.29, 0.717) is 11.0 Å². The minimum absolute atomic E-state index is 0.00985. The fourth-order valence-corrected chi connectivity index (χ4v) is 3.67. The first kappa shape index (κ1) is 16.9. The number of hydrogen-bond acceptors (Lipinski definition) is 6. The molecule has 0 saturated carbocycles. The van der Waals surface area contributed by atoms with Crippen LogP contribution in [0.25, 0.3) is 20.8 Å². The number of carboxylic acids is 1. The second-order valence-corrected chi connectivity index (χ2v) is 6.76. The number of carbonyl (C=O) groups is 2. The third-order valence-corrected chi connectivity index (χ3v) is 4.96. The largest absolute Gasteiger partial charge is 0.478 e. The number of nitrogens with zero attached hydrogens (tertiary/aromatic N) is 2. The van der Waals surface area contributed by atoms with Crippen LogP contribution in [0, 0.1) is 0 Å². The molecular weight excluding hydrogens is 364 g/mol. The lowest BCUT2D eigenvalue weighted by atomic mass is 10.2. The van der Waals surface area contributed by atoms with Gasteiger partial charge in [-0.25, -0.2) is 14.8 Å². The number of carbonyl (C=O) groups excluding carboxylic acids is 1. The van der Waals surface area contributed by atoms with E-state index in [1.54, 1.807) is 11.3 Å². The molecule has 1 aliphatic heterocycles. The van der Waals surface area contributed by atoms with Crippen LogP contribution in [0.1, 0.15) is 10.4 Å². The Morgan fingerprint density at radius 3 is 2.78 bits per heavy atom. The zero-order valence-electron chi connectivity index (χ0n) is 13.8. The Morgan fingerprint density at radius 1 is 1.11 bits per heavy atom. The standard InChI is InChI=1S/C20H12N2O4S/c23-11-26-15-8-12(20(24)25)7-14(9-15)21-13-5-6-17-19(10-13)27-18-4-2-1-3-16(18)22-17/h1-11H,(H,24,25). The van der Waals surface area contributed by atoms with Crippen molar-refractivity contribution in [3.8, 4) is 16.3 Å². The number of aromatic carboxylic acids is 1. The average molecular weight is 376 g/mol. The number of carboxylic acid groups (broad SMARTS) is 1. The zero-order chi connectivity index (χ0) is 18.8. The molecule has 0 aromatic heterocycles. The Kier molecular flexibility index (Phi) is 4.35. The molecule has 0 spiro atoms. The van der Waals surface area contributed by atoms with E-state index in [2.05, 4.69) is 9.98 Å². The first-order valence-electron chi connectivity index (χ1n) is 7.95. The fourth-order valence-electron chi connectivity index (χ4n) is 2.67. The summed E-state index contributed by atoms with van der Waals surface area (Å²) >= 11 is 1.61. The van der Waals surface area contributed by atoms with Crippen molar-refractivity contribution in [1.29, 1.82) is 0 Å². The zero-order valence-corrected chi connectivity index (χ0v) is 14.6. The van der Waals surface area contributed by atoms with Crippen LogP contribution in [0.5, 0.6) is 5.75 Å². The van der Waals surface area contributed by atoms with Crippen molar-refractivity contribution in [2.75, 3.05) is 0 Å². The lowest BCUT2D eigenvalue weighted by Crippen LogP contribution is -2.02. The van der Waals surface area contributed by atoms with Gasteiger partial charge in [-0.05, 0) is 42.5 Å². The molecule has 6 nitrogen and oxygen atoms in total. The SMILES string of the molecule is O=COc1cc(N=c2ccc3nc4ccccc4sc-3c2)cc(C(=O)O)c1. The molecular formula is C20H12N2O4S. The molecule has 0 fully saturated rings. The Balaban J connectivity index is 1.85. The Bertz CT molecular complexity index is 1220. The maximum atomic E-state index is 11.3. The fraction of sp³-hybridized carbons (Fsp3) is 0. The van der Waals surface area contributed by atoms with Crippen molar-refractivity contribution < 1.29 is 19.4 Å². The molecule has 1 heterocycles. The summed E-state index contributed by atoms with van der Waals surface area (Å²) in [5.41, 5.74) is 2.17. The van der Waals surface area contributed by atoms with E-state index >= 15 is 0 Å². The van der Waals surface area contributed by atoms with E-state index in [9.17, 15) is 14.7 Å². The highest BCUT2D eigenvalue weighted by Gasteiger charge is 2.09. The molecule has 4 rings (SSSR count). The van der Waals surface area contributed by atoms with Crippen molar-refractivity contribution >= 4 is 39.7 Å². The number of para-hydroxylation sites is 1. The van der Waals surface area contributed by atoms with Crippen LogP contribution >= 0.6 is 11.3 Å². The molecule has 0 radical (unpaired) electrons. The molecule has 2 aromatic carbocycles. The number of fused-ring (bicyclic) bond motifs is 2. The summed E-state index contributed by atoms with van der Waals surface area (Å²) in [7, 11) is 0. The minimum atomic E-state index is -1.13. The predicted octanol–water partition coefficient (Wildman–Crippen LogP) is 3.87. The minimum Gasteiger partial charge on any atom is -0.478 e. The summed E-state index contributed by atoms with van der Waals surface area (Å²) in [5.74, 6) is -1.00. The Morgan fingerprint density at radius 2 is 1.96 bits per heavy atom. The average Bonchev–Trinajstić information content (AvgIpc) is 2.66. The van der Waals surface area contributed by atoms with Crippen LogP contribution in [0.2, 0.25) is 0 Å². The van der Waals surface area contributed by atoms with Crippen LogP contribution in [-0.2, 0) is 4.79 Å². The van der Waals surface area contributed by atoms with Gasteiger partial charge in [0.25, 0.3) is 6.47 Å². The molecule has 0 atom stereocenters. The second kappa shape index (κ2) is 6.97. The smallest absolute Gasteiger partial charge is 0.335 e. The number of ether oxygens (including phenoxy) is 1. The van der Waals surface area contributed by atoms with Gasteiger partial charge >= 0.3 is 5.97 Å². The van der Waals surface area contributed by atoms with E-state index in [1.165, 1.54) is 18.2 Å². The van der Waals surface area contributed by atoms with Gasteiger partial charge < -0.3 is 9.84 Å². The van der Waals surface area contributed by atoms with Crippen LogP contribution < -0.4 is 10.1 Å². The van der Waals surface area contributed by atoms with Gasteiger partial charge in [0.15, 0.2) is 0 Å². The highest BCUT2D eigenvalue weighted by molar-refractivity contribution is 7.21. The van der Waals surface area contributed by atoms with Crippen molar-refractivity contribution in [3.63, 3.8) is 0 Å². The normalized spacial score (nSPS) is 11.6.